The monoisotopic (exact) mass is 408 g/mol. The van der Waals surface area contributed by atoms with E-state index in [0.29, 0.717) is 13.0 Å². The number of carboxylic acids is 2. The molecule has 2 unspecified atom stereocenters. The number of hydrogen-bond donors (Lipinski definition) is 3. The van der Waals surface area contributed by atoms with Gasteiger partial charge in [0.25, 0.3) is 0 Å². The van der Waals surface area contributed by atoms with Gasteiger partial charge in [-0.2, -0.15) is 0 Å². The Labute approximate surface area is 176 Å². The fraction of sp³-hybridized carbons (Fsp3) is 0.333. The van der Waals surface area contributed by atoms with Crippen LogP contribution in [-0.2, 0) is 22.6 Å². The quantitative estimate of drug-likeness (QED) is 0.475. The Morgan fingerprint density at radius 2 is 1.57 bits per heavy atom. The van der Waals surface area contributed by atoms with Crippen molar-refractivity contribution < 1.29 is 19.8 Å². The van der Waals surface area contributed by atoms with Gasteiger partial charge in [0.1, 0.15) is 12.1 Å². The molecule has 0 radical (unpaired) electrons. The van der Waals surface area contributed by atoms with Crippen LogP contribution >= 0.6 is 0 Å². The second-order valence-corrected chi connectivity index (χ2v) is 8.06. The Balaban J connectivity index is 1.93. The lowest BCUT2D eigenvalue weighted by molar-refractivity contribution is -0.142. The van der Waals surface area contributed by atoms with Crippen LogP contribution in [0, 0.1) is 5.92 Å². The molecule has 0 saturated heterocycles. The predicted octanol–water partition coefficient (Wildman–Crippen LogP) is 3.77. The first-order valence-corrected chi connectivity index (χ1v) is 10.2. The van der Waals surface area contributed by atoms with Gasteiger partial charge in [0.2, 0.25) is 0 Å². The van der Waals surface area contributed by atoms with Crippen molar-refractivity contribution in [1.82, 2.24) is 9.88 Å². The number of fused-ring (bicyclic) bond motifs is 1. The molecule has 6 nitrogen and oxygen atoms in total. The Morgan fingerprint density at radius 3 is 2.20 bits per heavy atom. The molecule has 6 heteroatoms. The van der Waals surface area contributed by atoms with E-state index in [4.69, 9.17) is 0 Å². The Kier molecular flexibility index (Phi) is 6.90. The molecule has 0 bridgehead atoms. The van der Waals surface area contributed by atoms with E-state index in [1.54, 1.807) is 0 Å². The van der Waals surface area contributed by atoms with Gasteiger partial charge in [0, 0.05) is 30.2 Å². The Hall–Kier alpha value is -3.12. The van der Waals surface area contributed by atoms with Crippen molar-refractivity contribution in [2.45, 2.75) is 45.3 Å². The normalized spacial score (nSPS) is 13.4. The summed E-state index contributed by atoms with van der Waals surface area (Å²) in [6.45, 7) is 4.46. The zero-order chi connectivity index (χ0) is 21.7. The van der Waals surface area contributed by atoms with Gasteiger partial charge in [0.15, 0.2) is 0 Å². The number of nitrogens with one attached hydrogen (secondary N) is 1. The molecule has 0 fully saturated rings. The first-order valence-electron chi connectivity index (χ1n) is 10.2. The van der Waals surface area contributed by atoms with Crippen LogP contribution in [-0.4, -0.2) is 38.8 Å². The minimum atomic E-state index is -1.05. The predicted molar refractivity (Wildman–Crippen MR) is 117 cm³/mol. The van der Waals surface area contributed by atoms with Crippen LogP contribution in [0.5, 0.6) is 0 Å². The molecule has 3 N–H and O–H groups in total. The van der Waals surface area contributed by atoms with Gasteiger partial charge in [-0.25, -0.2) is 0 Å². The summed E-state index contributed by atoms with van der Waals surface area (Å²) in [5.74, 6) is -1.95. The Bertz CT molecular complexity index is 1010. The third-order valence-corrected chi connectivity index (χ3v) is 5.21. The lowest BCUT2D eigenvalue weighted by Gasteiger charge is -2.22. The summed E-state index contributed by atoms with van der Waals surface area (Å²) >= 11 is 0. The zero-order valence-electron chi connectivity index (χ0n) is 17.3. The van der Waals surface area contributed by atoms with Crippen LogP contribution in [0.1, 0.15) is 31.5 Å². The van der Waals surface area contributed by atoms with Crippen LogP contribution in [0.4, 0.5) is 0 Å². The van der Waals surface area contributed by atoms with Crippen molar-refractivity contribution >= 4 is 22.7 Å². The molecule has 0 spiro atoms. The van der Waals surface area contributed by atoms with Gasteiger partial charge in [-0.15, -0.1) is 0 Å². The van der Waals surface area contributed by atoms with Crippen LogP contribution in [0.2, 0.25) is 0 Å². The molecule has 0 aliphatic carbocycles. The van der Waals surface area contributed by atoms with Crippen molar-refractivity contribution in [3.05, 3.63) is 72.1 Å². The minimum absolute atomic E-state index is 0.135. The molecule has 3 rings (SSSR count). The lowest BCUT2D eigenvalue weighted by Crippen LogP contribution is -2.49. The maximum Gasteiger partial charge on any atom is 0.321 e. The van der Waals surface area contributed by atoms with E-state index in [1.807, 2.05) is 74.6 Å². The highest BCUT2D eigenvalue weighted by atomic mass is 16.4. The van der Waals surface area contributed by atoms with E-state index < -0.39 is 24.0 Å². The molecule has 30 heavy (non-hydrogen) atoms. The summed E-state index contributed by atoms with van der Waals surface area (Å²) in [6.07, 6.45) is 2.59. The number of nitrogens with zero attached hydrogens (tertiary/aromatic N) is 1. The fourth-order valence-corrected chi connectivity index (χ4v) is 3.79. The van der Waals surface area contributed by atoms with Crippen LogP contribution in [0.3, 0.4) is 0 Å². The SMILES string of the molecule is CC(C)CC(NC(Cc1c2ccccc2cn1Cc1ccccc1)C(=O)O)C(=O)O. The van der Waals surface area contributed by atoms with E-state index in [9.17, 15) is 19.8 Å². The van der Waals surface area contributed by atoms with Gasteiger partial charge < -0.3 is 14.8 Å². The topological polar surface area (TPSA) is 91.6 Å². The smallest absolute Gasteiger partial charge is 0.321 e. The first kappa shape index (κ1) is 21.6. The lowest BCUT2D eigenvalue weighted by atomic mass is 10.0. The summed E-state index contributed by atoms with van der Waals surface area (Å²) in [7, 11) is 0. The Morgan fingerprint density at radius 1 is 0.933 bits per heavy atom. The molecule has 0 saturated carbocycles. The van der Waals surface area contributed by atoms with E-state index in [0.717, 1.165) is 22.0 Å². The number of carbonyl (C=O) groups is 2. The number of aliphatic carboxylic acids is 2. The number of rotatable bonds is 10. The van der Waals surface area contributed by atoms with Crippen LogP contribution in [0.25, 0.3) is 10.8 Å². The average Bonchev–Trinajstić information content (AvgIpc) is 3.04. The average molecular weight is 408 g/mol. The van der Waals surface area contributed by atoms with Crippen molar-refractivity contribution in [3.63, 3.8) is 0 Å². The minimum Gasteiger partial charge on any atom is -0.480 e. The molecule has 1 heterocycles. The molecule has 3 aromatic rings. The van der Waals surface area contributed by atoms with Crippen LogP contribution < -0.4 is 5.32 Å². The van der Waals surface area contributed by atoms with Crippen molar-refractivity contribution in [2.24, 2.45) is 5.92 Å². The van der Waals surface area contributed by atoms with Gasteiger partial charge in [0.05, 0.1) is 0 Å². The van der Waals surface area contributed by atoms with Crippen LogP contribution in [0.15, 0.2) is 60.8 Å². The second kappa shape index (κ2) is 9.59. The molecule has 0 amide bonds. The van der Waals surface area contributed by atoms with Crippen molar-refractivity contribution in [3.8, 4) is 0 Å². The molecule has 1 aromatic heterocycles. The number of carboxylic acid groups (broad SMARTS) is 2. The van der Waals surface area contributed by atoms with E-state index in [-0.39, 0.29) is 12.3 Å². The number of benzene rings is 2. The maximum absolute atomic E-state index is 12.0. The van der Waals surface area contributed by atoms with E-state index in [2.05, 4.69) is 9.88 Å². The highest BCUT2D eigenvalue weighted by Crippen LogP contribution is 2.24. The molecular weight excluding hydrogens is 380 g/mol. The number of aromatic nitrogens is 1. The molecule has 2 atom stereocenters. The summed E-state index contributed by atoms with van der Waals surface area (Å²) in [4.78, 5) is 23.7. The maximum atomic E-state index is 12.0. The number of hydrogen-bond acceptors (Lipinski definition) is 3. The summed E-state index contributed by atoms with van der Waals surface area (Å²) in [6, 6.07) is 15.9. The molecule has 158 valence electrons. The third kappa shape index (κ3) is 5.27. The summed E-state index contributed by atoms with van der Waals surface area (Å²) in [5, 5.41) is 24.2. The fourth-order valence-electron chi connectivity index (χ4n) is 3.79. The van der Waals surface area contributed by atoms with Crippen molar-refractivity contribution in [1.29, 1.82) is 0 Å². The molecule has 0 aliphatic heterocycles. The summed E-state index contributed by atoms with van der Waals surface area (Å²) in [5.41, 5.74) is 1.99. The van der Waals surface area contributed by atoms with Crippen molar-refractivity contribution in [2.75, 3.05) is 0 Å². The van der Waals surface area contributed by atoms with Gasteiger partial charge in [-0.1, -0.05) is 68.4 Å². The first-order chi connectivity index (χ1) is 14.3. The highest BCUT2D eigenvalue weighted by Gasteiger charge is 2.28. The zero-order valence-corrected chi connectivity index (χ0v) is 17.3. The summed E-state index contributed by atoms with van der Waals surface area (Å²) < 4.78 is 2.07. The van der Waals surface area contributed by atoms with Gasteiger partial charge in [-0.05, 0) is 23.3 Å². The largest absolute Gasteiger partial charge is 0.480 e. The molecule has 0 aliphatic rings. The van der Waals surface area contributed by atoms with E-state index >= 15 is 0 Å². The highest BCUT2D eigenvalue weighted by molar-refractivity contribution is 5.86. The molecular formula is C24H28N2O4. The second-order valence-electron chi connectivity index (χ2n) is 8.06. The van der Waals surface area contributed by atoms with Gasteiger partial charge in [-0.3, -0.25) is 14.9 Å². The standard InChI is InChI=1S/C24H28N2O4/c1-16(2)12-20(23(27)28)25-21(24(29)30)13-22-19-11-7-6-10-18(19)15-26(22)14-17-8-4-3-5-9-17/h3-11,15-16,20-21,25H,12-14H2,1-2H3,(H,27,28)(H,29,30). The van der Waals surface area contributed by atoms with Gasteiger partial charge >= 0.3 is 11.9 Å². The molecule has 2 aromatic carbocycles. The third-order valence-electron chi connectivity index (χ3n) is 5.21. The van der Waals surface area contributed by atoms with E-state index in [1.165, 1.54) is 0 Å².